The fourth-order valence-electron chi connectivity index (χ4n) is 3.73. The quantitative estimate of drug-likeness (QED) is 0.816. The number of hydrogen-bond donors (Lipinski definition) is 0. The Hall–Kier alpha value is -2.57. The first-order chi connectivity index (χ1) is 12.1. The van der Waals surface area contributed by atoms with Crippen LogP contribution in [-0.4, -0.2) is 62.0 Å². The minimum absolute atomic E-state index is 0.0598. The zero-order valence-corrected chi connectivity index (χ0v) is 14.6. The van der Waals surface area contributed by atoms with Gasteiger partial charge in [-0.25, -0.2) is 0 Å². The number of carbonyl (C=O) groups is 1. The first-order valence-corrected chi connectivity index (χ1v) is 8.79. The standard InChI is InChI=1S/C19H23N5O/c1-22-8-10-23(11-9-22)19(25)17-6-3-7-24(14-17)18-15(12-20)4-2-5-16(18)13-21/h2,4-5,17H,3,6-11,14H2,1H3. The molecule has 6 nitrogen and oxygen atoms in total. The monoisotopic (exact) mass is 337 g/mol. The molecule has 2 aliphatic rings. The molecule has 2 fully saturated rings. The van der Waals surface area contributed by atoms with E-state index in [1.807, 2.05) is 4.90 Å². The van der Waals surface area contributed by atoms with Crippen LogP contribution in [0, 0.1) is 28.6 Å². The van der Waals surface area contributed by atoms with Crippen molar-refractivity contribution in [1.29, 1.82) is 10.5 Å². The van der Waals surface area contributed by atoms with Gasteiger partial charge >= 0.3 is 0 Å². The molecule has 3 rings (SSSR count). The van der Waals surface area contributed by atoms with E-state index in [0.717, 1.165) is 45.6 Å². The first-order valence-electron chi connectivity index (χ1n) is 8.79. The van der Waals surface area contributed by atoms with Crippen LogP contribution in [0.3, 0.4) is 0 Å². The average Bonchev–Trinajstić information content (AvgIpc) is 2.67. The van der Waals surface area contributed by atoms with Crippen molar-refractivity contribution >= 4 is 11.6 Å². The van der Waals surface area contributed by atoms with Gasteiger partial charge in [0.15, 0.2) is 0 Å². The number of nitrogens with zero attached hydrogens (tertiary/aromatic N) is 5. The molecule has 2 heterocycles. The molecular formula is C19H23N5O. The summed E-state index contributed by atoms with van der Waals surface area (Å²) in [6, 6.07) is 9.58. The molecule has 0 aliphatic carbocycles. The van der Waals surface area contributed by atoms with Crippen LogP contribution in [0.15, 0.2) is 18.2 Å². The zero-order chi connectivity index (χ0) is 17.8. The van der Waals surface area contributed by atoms with E-state index in [9.17, 15) is 15.3 Å². The van der Waals surface area contributed by atoms with Gasteiger partial charge in [0, 0.05) is 39.3 Å². The summed E-state index contributed by atoms with van der Waals surface area (Å²) in [6.45, 7) is 4.75. The second-order valence-corrected chi connectivity index (χ2v) is 6.84. The normalized spacial score (nSPS) is 21.5. The summed E-state index contributed by atoms with van der Waals surface area (Å²) in [5.74, 6) is 0.154. The number of piperazine rings is 1. The van der Waals surface area contributed by atoms with Gasteiger partial charge in [0.1, 0.15) is 12.1 Å². The number of hydrogen-bond acceptors (Lipinski definition) is 5. The maximum Gasteiger partial charge on any atom is 0.227 e. The highest BCUT2D eigenvalue weighted by Crippen LogP contribution is 2.30. The Kier molecular flexibility index (Phi) is 5.21. The smallest absolute Gasteiger partial charge is 0.227 e. The summed E-state index contributed by atoms with van der Waals surface area (Å²) >= 11 is 0. The maximum absolute atomic E-state index is 12.9. The summed E-state index contributed by atoms with van der Waals surface area (Å²) in [5, 5.41) is 18.8. The number of anilines is 1. The van der Waals surface area contributed by atoms with Crippen LogP contribution in [0.5, 0.6) is 0 Å². The van der Waals surface area contributed by atoms with E-state index in [2.05, 4.69) is 29.0 Å². The molecule has 0 bridgehead atoms. The number of carbonyl (C=O) groups excluding carboxylic acids is 1. The molecule has 0 aromatic heterocycles. The van der Waals surface area contributed by atoms with E-state index in [-0.39, 0.29) is 11.8 Å². The Balaban J connectivity index is 1.77. The summed E-state index contributed by atoms with van der Waals surface area (Å²) in [7, 11) is 2.08. The van der Waals surface area contributed by atoms with Crippen LogP contribution in [0.25, 0.3) is 0 Å². The molecule has 0 saturated carbocycles. The third kappa shape index (κ3) is 3.60. The summed E-state index contributed by atoms with van der Waals surface area (Å²) in [4.78, 5) is 19.2. The predicted octanol–water partition coefficient (Wildman–Crippen LogP) is 1.42. The lowest BCUT2D eigenvalue weighted by Crippen LogP contribution is -2.51. The van der Waals surface area contributed by atoms with Crippen LogP contribution in [-0.2, 0) is 4.79 Å². The molecule has 6 heteroatoms. The van der Waals surface area contributed by atoms with E-state index in [1.54, 1.807) is 18.2 Å². The van der Waals surface area contributed by atoms with Crippen molar-refractivity contribution in [1.82, 2.24) is 9.80 Å². The van der Waals surface area contributed by atoms with E-state index in [0.29, 0.717) is 23.4 Å². The number of para-hydroxylation sites is 1. The third-order valence-corrected chi connectivity index (χ3v) is 5.18. The fraction of sp³-hybridized carbons (Fsp3) is 0.526. The molecule has 0 radical (unpaired) electrons. The van der Waals surface area contributed by atoms with Gasteiger partial charge in [-0.05, 0) is 32.0 Å². The van der Waals surface area contributed by atoms with Crippen molar-refractivity contribution < 1.29 is 4.79 Å². The van der Waals surface area contributed by atoms with E-state index < -0.39 is 0 Å². The summed E-state index contributed by atoms with van der Waals surface area (Å²) in [6.07, 6.45) is 1.77. The Morgan fingerprint density at radius 1 is 1.08 bits per heavy atom. The topological polar surface area (TPSA) is 74.4 Å². The number of amides is 1. The lowest BCUT2D eigenvalue weighted by atomic mass is 9.94. The lowest BCUT2D eigenvalue weighted by Gasteiger charge is -2.39. The highest BCUT2D eigenvalue weighted by atomic mass is 16.2. The molecule has 130 valence electrons. The number of piperidine rings is 1. The van der Waals surface area contributed by atoms with Crippen molar-refractivity contribution in [2.75, 3.05) is 51.2 Å². The van der Waals surface area contributed by atoms with Crippen molar-refractivity contribution in [3.63, 3.8) is 0 Å². The van der Waals surface area contributed by atoms with Crippen molar-refractivity contribution in [2.45, 2.75) is 12.8 Å². The Morgan fingerprint density at radius 3 is 2.32 bits per heavy atom. The van der Waals surface area contributed by atoms with Crippen molar-refractivity contribution in [3.8, 4) is 12.1 Å². The molecule has 1 aromatic rings. The summed E-state index contributed by atoms with van der Waals surface area (Å²) < 4.78 is 0. The molecule has 1 amide bonds. The average molecular weight is 337 g/mol. The number of likely N-dealkylation sites (N-methyl/N-ethyl adjacent to an activating group) is 1. The zero-order valence-electron chi connectivity index (χ0n) is 14.6. The van der Waals surface area contributed by atoms with Gasteiger partial charge in [-0.15, -0.1) is 0 Å². The summed E-state index contributed by atoms with van der Waals surface area (Å²) in [5.41, 5.74) is 1.70. The molecular weight excluding hydrogens is 314 g/mol. The molecule has 0 spiro atoms. The van der Waals surface area contributed by atoms with Crippen LogP contribution in [0.4, 0.5) is 5.69 Å². The van der Waals surface area contributed by atoms with E-state index >= 15 is 0 Å². The Morgan fingerprint density at radius 2 is 1.72 bits per heavy atom. The Bertz CT molecular complexity index is 692. The van der Waals surface area contributed by atoms with Crippen LogP contribution in [0.1, 0.15) is 24.0 Å². The van der Waals surface area contributed by atoms with Crippen molar-refractivity contribution in [3.05, 3.63) is 29.3 Å². The van der Waals surface area contributed by atoms with Gasteiger partial charge in [-0.3, -0.25) is 4.79 Å². The van der Waals surface area contributed by atoms with E-state index in [1.165, 1.54) is 0 Å². The molecule has 1 atom stereocenters. The van der Waals surface area contributed by atoms with Gasteiger partial charge in [0.25, 0.3) is 0 Å². The maximum atomic E-state index is 12.9. The van der Waals surface area contributed by atoms with Gasteiger partial charge in [-0.2, -0.15) is 10.5 Å². The Labute approximate surface area is 148 Å². The molecule has 25 heavy (non-hydrogen) atoms. The SMILES string of the molecule is CN1CCN(C(=O)C2CCCN(c3c(C#N)cccc3C#N)C2)CC1. The molecule has 0 N–H and O–H groups in total. The molecule has 1 unspecified atom stereocenters. The lowest BCUT2D eigenvalue weighted by molar-refractivity contribution is -0.137. The van der Waals surface area contributed by atoms with Gasteiger partial charge in [-0.1, -0.05) is 6.07 Å². The minimum Gasteiger partial charge on any atom is -0.369 e. The fourth-order valence-corrected chi connectivity index (χ4v) is 3.73. The molecule has 1 aromatic carbocycles. The van der Waals surface area contributed by atoms with Crippen molar-refractivity contribution in [2.24, 2.45) is 5.92 Å². The van der Waals surface area contributed by atoms with E-state index in [4.69, 9.17) is 0 Å². The molecule has 2 saturated heterocycles. The van der Waals surface area contributed by atoms with Crippen LogP contribution < -0.4 is 4.90 Å². The predicted molar refractivity (Wildman–Crippen MR) is 94.9 cm³/mol. The first kappa shape index (κ1) is 17.3. The largest absolute Gasteiger partial charge is 0.369 e. The number of benzene rings is 1. The molecule has 2 aliphatic heterocycles. The van der Waals surface area contributed by atoms with Gasteiger partial charge < -0.3 is 14.7 Å². The highest BCUT2D eigenvalue weighted by Gasteiger charge is 2.32. The van der Waals surface area contributed by atoms with Gasteiger partial charge in [0.2, 0.25) is 5.91 Å². The second-order valence-electron chi connectivity index (χ2n) is 6.84. The third-order valence-electron chi connectivity index (χ3n) is 5.18. The minimum atomic E-state index is -0.0598. The van der Waals surface area contributed by atoms with Gasteiger partial charge in [0.05, 0.1) is 22.7 Å². The number of rotatable bonds is 2. The van der Waals surface area contributed by atoms with Crippen LogP contribution >= 0.6 is 0 Å². The number of nitriles is 2. The second kappa shape index (κ2) is 7.55. The van der Waals surface area contributed by atoms with Crippen LogP contribution in [0.2, 0.25) is 0 Å². The highest BCUT2D eigenvalue weighted by molar-refractivity contribution is 5.80.